The molecule has 0 bridgehead atoms. The summed E-state index contributed by atoms with van der Waals surface area (Å²) in [6, 6.07) is 13.8. The first kappa shape index (κ1) is 14.5. The minimum absolute atomic E-state index is 0.0458. The van der Waals surface area contributed by atoms with E-state index >= 15 is 0 Å². The van der Waals surface area contributed by atoms with Gasteiger partial charge in [0.15, 0.2) is 0 Å². The molecule has 1 saturated heterocycles. The average molecular weight is 297 g/mol. The van der Waals surface area contributed by atoms with E-state index in [1.807, 2.05) is 52.3 Å². The van der Waals surface area contributed by atoms with Gasteiger partial charge in [0.05, 0.1) is 6.54 Å². The molecule has 0 unspecified atom stereocenters. The van der Waals surface area contributed by atoms with E-state index in [0.717, 1.165) is 10.8 Å². The second-order valence-corrected chi connectivity index (χ2v) is 5.60. The van der Waals surface area contributed by atoms with Gasteiger partial charge in [0.2, 0.25) is 5.91 Å². The smallest absolute Gasteiger partial charge is 0.253 e. The van der Waals surface area contributed by atoms with Crippen LogP contribution in [-0.4, -0.2) is 54.3 Å². The van der Waals surface area contributed by atoms with Crippen molar-refractivity contribution in [3.63, 3.8) is 0 Å². The maximum absolute atomic E-state index is 12.6. The third-order valence-electron chi connectivity index (χ3n) is 4.04. The van der Waals surface area contributed by atoms with Crippen molar-refractivity contribution in [2.24, 2.45) is 5.73 Å². The zero-order valence-electron chi connectivity index (χ0n) is 12.4. The fourth-order valence-electron chi connectivity index (χ4n) is 2.83. The van der Waals surface area contributed by atoms with Gasteiger partial charge in [0, 0.05) is 31.7 Å². The number of primary amides is 1. The summed E-state index contributed by atoms with van der Waals surface area (Å²) in [6.45, 7) is 2.88. The van der Waals surface area contributed by atoms with Crippen molar-refractivity contribution in [1.82, 2.24) is 9.80 Å². The van der Waals surface area contributed by atoms with E-state index in [1.165, 1.54) is 0 Å². The highest BCUT2D eigenvalue weighted by Crippen LogP contribution is 2.17. The molecule has 5 heteroatoms. The van der Waals surface area contributed by atoms with Crippen molar-refractivity contribution in [2.45, 2.75) is 0 Å². The van der Waals surface area contributed by atoms with Gasteiger partial charge in [-0.1, -0.05) is 30.3 Å². The molecule has 1 fully saturated rings. The Morgan fingerprint density at radius 3 is 2.32 bits per heavy atom. The van der Waals surface area contributed by atoms with Crippen LogP contribution in [0, 0.1) is 0 Å². The Bertz CT molecular complexity index is 706. The molecule has 2 N–H and O–H groups in total. The Hall–Kier alpha value is -2.40. The van der Waals surface area contributed by atoms with Crippen LogP contribution in [0.5, 0.6) is 0 Å². The van der Waals surface area contributed by atoms with Crippen LogP contribution in [0.25, 0.3) is 10.8 Å². The van der Waals surface area contributed by atoms with E-state index in [-0.39, 0.29) is 18.4 Å². The predicted octanol–water partition coefficient (Wildman–Crippen LogP) is 1.08. The number of carbonyl (C=O) groups excluding carboxylic acids is 2. The van der Waals surface area contributed by atoms with E-state index < -0.39 is 0 Å². The van der Waals surface area contributed by atoms with Crippen LogP contribution < -0.4 is 5.73 Å². The minimum atomic E-state index is -0.325. The van der Waals surface area contributed by atoms with Crippen LogP contribution in [0.3, 0.4) is 0 Å². The molecule has 3 rings (SSSR count). The number of fused-ring (bicyclic) bond motifs is 1. The highest BCUT2D eigenvalue weighted by Gasteiger charge is 2.22. The van der Waals surface area contributed by atoms with Crippen molar-refractivity contribution in [2.75, 3.05) is 32.7 Å². The van der Waals surface area contributed by atoms with Crippen LogP contribution in [0.2, 0.25) is 0 Å². The summed E-state index contributed by atoms with van der Waals surface area (Å²) in [6.07, 6.45) is 0. The second kappa shape index (κ2) is 6.15. The highest BCUT2D eigenvalue weighted by atomic mass is 16.2. The van der Waals surface area contributed by atoms with E-state index in [9.17, 15) is 9.59 Å². The van der Waals surface area contributed by atoms with E-state index in [1.54, 1.807) is 0 Å². The number of piperazine rings is 1. The van der Waals surface area contributed by atoms with Crippen LogP contribution >= 0.6 is 0 Å². The Balaban J connectivity index is 1.69. The Morgan fingerprint density at radius 1 is 0.955 bits per heavy atom. The molecule has 0 aliphatic carbocycles. The maximum atomic E-state index is 12.6. The van der Waals surface area contributed by atoms with Gasteiger partial charge in [-0.15, -0.1) is 0 Å². The summed E-state index contributed by atoms with van der Waals surface area (Å²) < 4.78 is 0. The number of carbonyl (C=O) groups is 2. The first-order valence-corrected chi connectivity index (χ1v) is 7.42. The maximum Gasteiger partial charge on any atom is 0.253 e. The first-order chi connectivity index (χ1) is 10.6. The fraction of sp³-hybridized carbons (Fsp3) is 0.294. The normalized spacial score (nSPS) is 15.9. The first-order valence-electron chi connectivity index (χ1n) is 7.42. The average Bonchev–Trinajstić information content (AvgIpc) is 2.54. The van der Waals surface area contributed by atoms with Gasteiger partial charge < -0.3 is 10.6 Å². The molecule has 0 radical (unpaired) electrons. The van der Waals surface area contributed by atoms with Gasteiger partial charge in [0.25, 0.3) is 5.91 Å². The Morgan fingerprint density at radius 2 is 1.64 bits per heavy atom. The lowest BCUT2D eigenvalue weighted by Crippen LogP contribution is -2.50. The minimum Gasteiger partial charge on any atom is -0.369 e. The molecular weight excluding hydrogens is 278 g/mol. The van der Waals surface area contributed by atoms with Crippen molar-refractivity contribution >= 4 is 22.6 Å². The highest BCUT2D eigenvalue weighted by molar-refractivity contribution is 5.98. The zero-order chi connectivity index (χ0) is 15.5. The topological polar surface area (TPSA) is 66.6 Å². The lowest BCUT2D eigenvalue weighted by atomic mass is 10.1. The number of benzene rings is 2. The summed E-state index contributed by atoms with van der Waals surface area (Å²) in [5, 5.41) is 2.20. The standard InChI is InChI=1S/C17H19N3O2/c18-16(21)12-19-7-9-20(10-8-19)17(22)15-6-5-13-3-1-2-4-14(13)11-15/h1-6,11H,7-10,12H2,(H2,18,21). The number of rotatable bonds is 3. The van der Waals surface area contributed by atoms with Crippen LogP contribution in [0.15, 0.2) is 42.5 Å². The third-order valence-corrected chi connectivity index (χ3v) is 4.04. The molecule has 0 saturated carbocycles. The van der Waals surface area contributed by atoms with Gasteiger partial charge in [-0.05, 0) is 22.9 Å². The zero-order valence-corrected chi connectivity index (χ0v) is 12.4. The molecule has 1 aliphatic heterocycles. The van der Waals surface area contributed by atoms with Crippen molar-refractivity contribution in [3.8, 4) is 0 Å². The molecule has 0 spiro atoms. The number of amides is 2. The van der Waals surface area contributed by atoms with E-state index in [0.29, 0.717) is 31.7 Å². The number of nitrogens with two attached hydrogens (primary N) is 1. The quantitative estimate of drug-likeness (QED) is 0.922. The summed E-state index contributed by atoms with van der Waals surface area (Å²) in [5.74, 6) is -0.279. The van der Waals surface area contributed by atoms with Gasteiger partial charge >= 0.3 is 0 Å². The monoisotopic (exact) mass is 297 g/mol. The molecule has 22 heavy (non-hydrogen) atoms. The second-order valence-electron chi connectivity index (χ2n) is 5.60. The number of hydrogen-bond acceptors (Lipinski definition) is 3. The van der Waals surface area contributed by atoms with Crippen LogP contribution in [0.4, 0.5) is 0 Å². The van der Waals surface area contributed by atoms with E-state index in [2.05, 4.69) is 0 Å². The van der Waals surface area contributed by atoms with Crippen molar-refractivity contribution < 1.29 is 9.59 Å². The molecule has 0 aromatic heterocycles. The lowest BCUT2D eigenvalue weighted by molar-refractivity contribution is -0.119. The SMILES string of the molecule is NC(=O)CN1CCN(C(=O)c2ccc3ccccc3c2)CC1. The molecule has 5 nitrogen and oxygen atoms in total. The van der Waals surface area contributed by atoms with Gasteiger partial charge in [0.1, 0.15) is 0 Å². The summed E-state index contributed by atoms with van der Waals surface area (Å²) in [4.78, 5) is 27.3. The predicted molar refractivity (Wildman–Crippen MR) is 85.5 cm³/mol. The van der Waals surface area contributed by atoms with Gasteiger partial charge in [-0.3, -0.25) is 14.5 Å². The van der Waals surface area contributed by atoms with Crippen molar-refractivity contribution in [1.29, 1.82) is 0 Å². The van der Waals surface area contributed by atoms with Crippen molar-refractivity contribution in [3.05, 3.63) is 48.0 Å². The molecular formula is C17H19N3O2. The largest absolute Gasteiger partial charge is 0.369 e. The summed E-state index contributed by atoms with van der Waals surface area (Å²) >= 11 is 0. The summed E-state index contributed by atoms with van der Waals surface area (Å²) in [5.41, 5.74) is 5.91. The molecule has 114 valence electrons. The molecule has 1 heterocycles. The number of hydrogen-bond donors (Lipinski definition) is 1. The molecule has 2 aromatic rings. The van der Waals surface area contributed by atoms with E-state index in [4.69, 9.17) is 5.73 Å². The van der Waals surface area contributed by atoms with Crippen LogP contribution in [-0.2, 0) is 4.79 Å². The third kappa shape index (κ3) is 3.09. The molecule has 1 aliphatic rings. The number of nitrogens with zero attached hydrogens (tertiary/aromatic N) is 2. The molecule has 2 aromatic carbocycles. The molecule has 2 amide bonds. The van der Waals surface area contributed by atoms with Crippen LogP contribution in [0.1, 0.15) is 10.4 Å². The van der Waals surface area contributed by atoms with Gasteiger partial charge in [-0.25, -0.2) is 0 Å². The Kier molecular flexibility index (Phi) is 4.06. The lowest BCUT2D eigenvalue weighted by Gasteiger charge is -2.34. The van der Waals surface area contributed by atoms with Gasteiger partial charge in [-0.2, -0.15) is 0 Å². The molecule has 0 atom stereocenters. The summed E-state index contributed by atoms with van der Waals surface area (Å²) in [7, 11) is 0. The fourth-order valence-corrected chi connectivity index (χ4v) is 2.83. The Labute approximate surface area is 129 Å².